The van der Waals surface area contributed by atoms with Crippen molar-refractivity contribution in [3.8, 4) is 0 Å². The molecule has 0 saturated heterocycles. The van der Waals surface area contributed by atoms with Gasteiger partial charge >= 0.3 is 25.7 Å². The smallest absolute Gasteiger partial charge is 0.472 e. The Morgan fingerprint density at radius 1 is 0.564 bits per heavy atom. The van der Waals surface area contributed by atoms with Crippen molar-refractivity contribution in [2.45, 2.75) is 174 Å². The van der Waals surface area contributed by atoms with Gasteiger partial charge in [0.05, 0.1) is 13.2 Å². The van der Waals surface area contributed by atoms with Crippen molar-refractivity contribution in [2.24, 2.45) is 5.73 Å². The second kappa shape index (κ2) is 38.1. The molecule has 0 aliphatic carbocycles. The average molecular weight is 796 g/mol. The average Bonchev–Trinajstić information content (AvgIpc) is 3.16. The number of carbonyl (C=O) groups excluding carboxylic acids is 2. The Labute approximate surface area is 332 Å². The number of carbonyl (C=O) groups is 3. The van der Waals surface area contributed by atoms with E-state index in [9.17, 15) is 23.8 Å². The summed E-state index contributed by atoms with van der Waals surface area (Å²) < 4.78 is 32.6. The highest BCUT2D eigenvalue weighted by Gasteiger charge is 2.28. The van der Waals surface area contributed by atoms with Gasteiger partial charge in [0.1, 0.15) is 12.6 Å². The molecule has 0 aromatic rings. The highest BCUT2D eigenvalue weighted by Crippen LogP contribution is 2.43. The van der Waals surface area contributed by atoms with Crippen molar-refractivity contribution >= 4 is 25.7 Å². The van der Waals surface area contributed by atoms with Crippen LogP contribution in [-0.2, 0) is 37.5 Å². The molecule has 0 radical (unpaired) electrons. The van der Waals surface area contributed by atoms with Gasteiger partial charge in [-0.1, -0.05) is 126 Å². The van der Waals surface area contributed by atoms with E-state index in [-0.39, 0.29) is 19.4 Å². The Hall–Kier alpha value is -2.82. The van der Waals surface area contributed by atoms with Gasteiger partial charge in [0.25, 0.3) is 0 Å². The number of allylic oxidation sites excluding steroid dienone is 10. The lowest BCUT2D eigenvalue weighted by Crippen LogP contribution is -2.34. The van der Waals surface area contributed by atoms with Gasteiger partial charge in [0.2, 0.25) is 0 Å². The Balaban J connectivity index is 4.47. The summed E-state index contributed by atoms with van der Waals surface area (Å²) in [5.41, 5.74) is 5.32. The molecule has 0 aliphatic heterocycles. The highest BCUT2D eigenvalue weighted by molar-refractivity contribution is 7.47. The van der Waals surface area contributed by atoms with E-state index in [0.717, 1.165) is 77.0 Å². The van der Waals surface area contributed by atoms with Gasteiger partial charge in [-0.2, -0.15) is 0 Å². The van der Waals surface area contributed by atoms with Crippen LogP contribution in [-0.4, -0.2) is 59.9 Å². The van der Waals surface area contributed by atoms with Crippen molar-refractivity contribution in [3.05, 3.63) is 60.8 Å². The molecule has 4 N–H and O–H groups in total. The maximum absolute atomic E-state index is 12.6. The quantitative estimate of drug-likeness (QED) is 0.0235. The summed E-state index contributed by atoms with van der Waals surface area (Å²) in [7, 11) is -4.73. The van der Waals surface area contributed by atoms with E-state index in [1.54, 1.807) is 0 Å². The molecule has 0 heterocycles. The van der Waals surface area contributed by atoms with Crippen LogP contribution < -0.4 is 5.73 Å². The number of rotatable bonds is 38. The molecule has 11 nitrogen and oxygen atoms in total. The van der Waals surface area contributed by atoms with Crippen LogP contribution in [0.15, 0.2) is 60.8 Å². The number of aliphatic carboxylic acids is 1. The molecule has 0 saturated carbocycles. The first-order valence-electron chi connectivity index (χ1n) is 20.8. The zero-order valence-corrected chi connectivity index (χ0v) is 34.9. The Morgan fingerprint density at radius 3 is 1.47 bits per heavy atom. The van der Waals surface area contributed by atoms with E-state index in [1.165, 1.54) is 44.9 Å². The number of esters is 2. The van der Waals surface area contributed by atoms with Crippen LogP contribution in [0.1, 0.15) is 162 Å². The third kappa shape index (κ3) is 37.9. The van der Waals surface area contributed by atoms with Crippen LogP contribution in [0.5, 0.6) is 0 Å². The van der Waals surface area contributed by atoms with Gasteiger partial charge in [-0.05, 0) is 83.5 Å². The van der Waals surface area contributed by atoms with Gasteiger partial charge in [0, 0.05) is 12.8 Å². The van der Waals surface area contributed by atoms with Gasteiger partial charge in [-0.3, -0.25) is 23.4 Å². The Kier molecular flexibility index (Phi) is 36.1. The first-order valence-corrected chi connectivity index (χ1v) is 22.3. The van der Waals surface area contributed by atoms with Crippen LogP contribution in [0, 0.1) is 0 Å². The van der Waals surface area contributed by atoms with Crippen molar-refractivity contribution in [3.63, 3.8) is 0 Å². The second-order valence-corrected chi connectivity index (χ2v) is 15.2. The van der Waals surface area contributed by atoms with E-state index in [2.05, 4.69) is 79.1 Å². The summed E-state index contributed by atoms with van der Waals surface area (Å²) in [4.78, 5) is 45.8. The predicted octanol–water partition coefficient (Wildman–Crippen LogP) is 10.8. The standard InChI is InChI=1S/C43H74NO10P/c1-3-5-7-9-11-13-15-17-18-19-20-21-22-23-25-27-29-31-33-35-42(46)54-39(37-52-55(49,50)53-38-40(44)43(47)48)36-51-41(45)34-32-30-28-26-24-16-14-12-10-8-6-4-2/h11-14,17-18,20-21,23,25,39-40H,3-10,15-16,19,22,24,26-38,44H2,1-2H3,(H,47,48)(H,49,50)/b13-11+,14-12+,18-17+,21-20+,25-23+/t39-,40-/m0/s1. The number of carboxylic acids is 1. The lowest BCUT2D eigenvalue weighted by atomic mass is 10.1. The number of nitrogens with two attached hydrogens (primary N) is 1. The summed E-state index contributed by atoms with van der Waals surface area (Å²) in [6, 6.07) is -1.53. The summed E-state index contributed by atoms with van der Waals surface area (Å²) in [5.74, 6) is -2.44. The minimum absolute atomic E-state index is 0.120. The molecule has 0 aromatic heterocycles. The Morgan fingerprint density at radius 2 is 0.964 bits per heavy atom. The van der Waals surface area contributed by atoms with Crippen LogP contribution in [0.4, 0.5) is 0 Å². The van der Waals surface area contributed by atoms with Crippen LogP contribution in [0.2, 0.25) is 0 Å². The van der Waals surface area contributed by atoms with E-state index in [1.807, 2.05) is 0 Å². The molecule has 1 unspecified atom stereocenters. The monoisotopic (exact) mass is 796 g/mol. The molecule has 12 heteroatoms. The summed E-state index contributed by atoms with van der Waals surface area (Å²) >= 11 is 0. The van der Waals surface area contributed by atoms with Crippen molar-refractivity contribution in [1.82, 2.24) is 0 Å². The zero-order chi connectivity index (χ0) is 40.7. The summed E-state index contributed by atoms with van der Waals surface area (Å²) in [6.07, 6.45) is 42.9. The maximum Gasteiger partial charge on any atom is 0.472 e. The SMILES string of the molecule is CCCCC/C=C/C/C=C/C/C=C/C/C=C/CCCCCC(=O)O[C@@H](COC(=O)CCCCCCC/C=C/CCCCC)COP(=O)(O)OC[C@H](N)C(=O)O. The fourth-order valence-corrected chi connectivity index (χ4v) is 5.94. The van der Waals surface area contributed by atoms with Gasteiger partial charge in [-0.15, -0.1) is 0 Å². The maximum atomic E-state index is 12.6. The molecule has 0 spiro atoms. The molecule has 0 aromatic carbocycles. The largest absolute Gasteiger partial charge is 0.480 e. The number of hydrogen-bond acceptors (Lipinski definition) is 9. The second-order valence-electron chi connectivity index (χ2n) is 13.8. The Bertz CT molecular complexity index is 1170. The molecule has 316 valence electrons. The molecule has 0 rings (SSSR count). The molecule has 0 amide bonds. The fraction of sp³-hybridized carbons (Fsp3) is 0.698. The van der Waals surface area contributed by atoms with Crippen LogP contribution >= 0.6 is 7.82 Å². The lowest BCUT2D eigenvalue weighted by Gasteiger charge is -2.20. The van der Waals surface area contributed by atoms with Crippen molar-refractivity contribution in [1.29, 1.82) is 0 Å². The molecule has 3 atom stereocenters. The van der Waals surface area contributed by atoms with Crippen molar-refractivity contribution < 1.29 is 47.5 Å². The molecular formula is C43H74NO10P. The van der Waals surface area contributed by atoms with Crippen LogP contribution in [0.3, 0.4) is 0 Å². The van der Waals surface area contributed by atoms with E-state index in [4.69, 9.17) is 24.8 Å². The summed E-state index contributed by atoms with van der Waals surface area (Å²) in [6.45, 7) is 2.69. The van der Waals surface area contributed by atoms with E-state index >= 15 is 0 Å². The van der Waals surface area contributed by atoms with Crippen LogP contribution in [0.25, 0.3) is 0 Å². The predicted molar refractivity (Wildman–Crippen MR) is 221 cm³/mol. The number of hydrogen-bond donors (Lipinski definition) is 3. The van der Waals surface area contributed by atoms with E-state index in [0.29, 0.717) is 12.8 Å². The highest BCUT2D eigenvalue weighted by atomic mass is 31.2. The topological polar surface area (TPSA) is 172 Å². The molecule has 0 bridgehead atoms. The normalized spacial score (nSPS) is 14.4. The third-order valence-electron chi connectivity index (χ3n) is 8.49. The van der Waals surface area contributed by atoms with Gasteiger partial charge in [-0.25, -0.2) is 4.57 Å². The van der Waals surface area contributed by atoms with E-state index < -0.39 is 51.1 Å². The molecule has 0 fully saturated rings. The zero-order valence-electron chi connectivity index (χ0n) is 34.0. The first-order chi connectivity index (χ1) is 26.6. The van der Waals surface area contributed by atoms with Crippen molar-refractivity contribution in [2.75, 3.05) is 19.8 Å². The number of phosphoric acid groups is 1. The van der Waals surface area contributed by atoms with Gasteiger partial charge in [0.15, 0.2) is 6.10 Å². The number of carboxylic acid groups (broad SMARTS) is 1. The number of ether oxygens (including phenoxy) is 2. The lowest BCUT2D eigenvalue weighted by molar-refractivity contribution is -0.161. The fourth-order valence-electron chi connectivity index (χ4n) is 5.16. The number of unbranched alkanes of at least 4 members (excludes halogenated alkanes) is 14. The molecule has 55 heavy (non-hydrogen) atoms. The van der Waals surface area contributed by atoms with Gasteiger partial charge < -0.3 is 25.2 Å². The molecule has 0 aliphatic rings. The number of phosphoric ester groups is 1. The summed E-state index contributed by atoms with van der Waals surface area (Å²) in [5, 5.41) is 8.87. The minimum atomic E-state index is -4.73. The third-order valence-corrected chi connectivity index (χ3v) is 9.44. The first kappa shape index (κ1) is 52.2. The minimum Gasteiger partial charge on any atom is -0.480 e. The molecular weight excluding hydrogens is 721 g/mol.